The van der Waals surface area contributed by atoms with Gasteiger partial charge in [-0.1, -0.05) is 35.5 Å². The SMILES string of the molecule is C[C@H](NC(=O)CSc1ncn[nH]1)c1ccc(Cl)cc1. The second-order valence-corrected chi connectivity index (χ2v) is 5.32. The van der Waals surface area contributed by atoms with E-state index in [1.807, 2.05) is 31.2 Å². The van der Waals surface area contributed by atoms with Gasteiger partial charge in [0.2, 0.25) is 5.91 Å². The molecule has 0 aliphatic carbocycles. The van der Waals surface area contributed by atoms with Gasteiger partial charge in [0.05, 0.1) is 11.8 Å². The fourth-order valence-corrected chi connectivity index (χ4v) is 2.23. The average molecular weight is 297 g/mol. The Labute approximate surface area is 120 Å². The van der Waals surface area contributed by atoms with E-state index in [9.17, 15) is 4.79 Å². The van der Waals surface area contributed by atoms with Crippen LogP contribution in [-0.2, 0) is 4.79 Å². The van der Waals surface area contributed by atoms with Crippen molar-refractivity contribution in [2.45, 2.75) is 18.1 Å². The first-order valence-corrected chi connectivity index (χ1v) is 7.04. The molecule has 2 N–H and O–H groups in total. The monoisotopic (exact) mass is 296 g/mol. The van der Waals surface area contributed by atoms with Gasteiger partial charge in [-0.25, -0.2) is 4.98 Å². The number of rotatable bonds is 5. The van der Waals surface area contributed by atoms with Gasteiger partial charge in [-0.3, -0.25) is 9.89 Å². The van der Waals surface area contributed by atoms with Gasteiger partial charge in [-0.2, -0.15) is 5.10 Å². The van der Waals surface area contributed by atoms with Crippen molar-refractivity contribution in [2.24, 2.45) is 0 Å². The van der Waals surface area contributed by atoms with Crippen LogP contribution >= 0.6 is 23.4 Å². The van der Waals surface area contributed by atoms with Crippen LogP contribution in [0, 0.1) is 0 Å². The maximum absolute atomic E-state index is 11.8. The largest absolute Gasteiger partial charge is 0.349 e. The van der Waals surface area contributed by atoms with Gasteiger partial charge in [0.1, 0.15) is 6.33 Å². The Hall–Kier alpha value is -1.53. The molecule has 0 saturated carbocycles. The Morgan fingerprint density at radius 1 is 1.47 bits per heavy atom. The predicted molar refractivity (Wildman–Crippen MR) is 75.1 cm³/mol. The first kappa shape index (κ1) is 13.9. The summed E-state index contributed by atoms with van der Waals surface area (Å²) in [5, 5.41) is 10.6. The first-order chi connectivity index (χ1) is 9.15. The van der Waals surface area contributed by atoms with Crippen LogP contribution < -0.4 is 5.32 Å². The van der Waals surface area contributed by atoms with E-state index in [1.54, 1.807) is 0 Å². The molecular formula is C12H13ClN4OS. The number of nitrogens with one attached hydrogen (secondary N) is 2. The highest BCUT2D eigenvalue weighted by molar-refractivity contribution is 7.99. The zero-order chi connectivity index (χ0) is 13.7. The maximum atomic E-state index is 11.8. The minimum absolute atomic E-state index is 0.0520. The fourth-order valence-electron chi connectivity index (χ4n) is 1.52. The van der Waals surface area contributed by atoms with Crippen LogP contribution in [0.2, 0.25) is 5.02 Å². The number of benzene rings is 1. The van der Waals surface area contributed by atoms with Crippen molar-refractivity contribution in [3.63, 3.8) is 0 Å². The molecule has 1 amide bonds. The van der Waals surface area contributed by atoms with E-state index in [0.717, 1.165) is 5.56 Å². The molecule has 1 atom stereocenters. The van der Waals surface area contributed by atoms with Crippen LogP contribution in [0.15, 0.2) is 35.7 Å². The number of nitrogens with zero attached hydrogens (tertiary/aromatic N) is 2. The molecule has 0 spiro atoms. The summed E-state index contributed by atoms with van der Waals surface area (Å²) in [6.45, 7) is 1.93. The van der Waals surface area contributed by atoms with Crippen molar-refractivity contribution in [1.29, 1.82) is 0 Å². The van der Waals surface area contributed by atoms with Crippen LogP contribution in [0.5, 0.6) is 0 Å². The number of carbonyl (C=O) groups is 1. The molecule has 1 heterocycles. The molecule has 2 rings (SSSR count). The molecule has 0 fully saturated rings. The van der Waals surface area contributed by atoms with Gasteiger partial charge < -0.3 is 5.32 Å². The number of carbonyl (C=O) groups excluding carboxylic acids is 1. The molecule has 1 aromatic carbocycles. The normalized spacial score (nSPS) is 12.1. The van der Waals surface area contributed by atoms with E-state index in [0.29, 0.717) is 15.9 Å². The highest BCUT2D eigenvalue weighted by atomic mass is 35.5. The lowest BCUT2D eigenvalue weighted by Gasteiger charge is -2.14. The summed E-state index contributed by atoms with van der Waals surface area (Å²) in [6.07, 6.45) is 1.41. The molecular weight excluding hydrogens is 284 g/mol. The van der Waals surface area contributed by atoms with E-state index in [-0.39, 0.29) is 11.9 Å². The number of aromatic nitrogens is 3. The van der Waals surface area contributed by atoms with Crippen molar-refractivity contribution in [3.8, 4) is 0 Å². The summed E-state index contributed by atoms with van der Waals surface area (Å²) in [5.41, 5.74) is 1.02. The molecule has 0 bridgehead atoms. The lowest BCUT2D eigenvalue weighted by Crippen LogP contribution is -2.28. The summed E-state index contributed by atoms with van der Waals surface area (Å²) in [7, 11) is 0. The molecule has 19 heavy (non-hydrogen) atoms. The Morgan fingerprint density at radius 2 is 2.21 bits per heavy atom. The lowest BCUT2D eigenvalue weighted by molar-refractivity contribution is -0.119. The number of aromatic amines is 1. The van der Waals surface area contributed by atoms with E-state index >= 15 is 0 Å². The Bertz CT molecular complexity index is 529. The second-order valence-electron chi connectivity index (χ2n) is 3.92. The number of thioether (sulfide) groups is 1. The topological polar surface area (TPSA) is 70.7 Å². The summed E-state index contributed by atoms with van der Waals surface area (Å²) < 4.78 is 0. The third-order valence-electron chi connectivity index (χ3n) is 2.48. The minimum Gasteiger partial charge on any atom is -0.349 e. The van der Waals surface area contributed by atoms with Crippen LogP contribution in [0.4, 0.5) is 0 Å². The smallest absolute Gasteiger partial charge is 0.230 e. The van der Waals surface area contributed by atoms with Crippen LogP contribution in [0.1, 0.15) is 18.5 Å². The molecule has 2 aromatic rings. The molecule has 5 nitrogen and oxygen atoms in total. The number of hydrogen-bond donors (Lipinski definition) is 2. The van der Waals surface area contributed by atoms with Gasteiger partial charge in [0, 0.05) is 5.02 Å². The number of hydrogen-bond acceptors (Lipinski definition) is 4. The summed E-state index contributed by atoms with van der Waals surface area (Å²) >= 11 is 7.13. The van der Waals surface area contributed by atoms with Gasteiger partial charge in [-0.15, -0.1) is 0 Å². The zero-order valence-corrected chi connectivity index (χ0v) is 11.8. The molecule has 0 radical (unpaired) electrons. The Morgan fingerprint density at radius 3 is 2.84 bits per heavy atom. The standard InChI is InChI=1S/C12H13ClN4OS/c1-8(9-2-4-10(13)5-3-9)16-11(18)6-19-12-14-7-15-17-12/h2-5,7-8H,6H2,1H3,(H,16,18)(H,14,15,17)/t8-/m0/s1. The summed E-state index contributed by atoms with van der Waals surface area (Å²) in [5.74, 6) is 0.247. The van der Waals surface area contributed by atoms with Crippen molar-refractivity contribution < 1.29 is 4.79 Å². The zero-order valence-electron chi connectivity index (χ0n) is 10.3. The number of H-pyrrole nitrogens is 1. The molecule has 1 aromatic heterocycles. The molecule has 0 aliphatic rings. The maximum Gasteiger partial charge on any atom is 0.230 e. The Balaban J connectivity index is 1.83. The van der Waals surface area contributed by atoms with E-state index in [1.165, 1.54) is 18.1 Å². The van der Waals surface area contributed by atoms with E-state index < -0.39 is 0 Å². The van der Waals surface area contributed by atoms with Gasteiger partial charge in [-0.05, 0) is 24.6 Å². The highest BCUT2D eigenvalue weighted by Gasteiger charge is 2.10. The van der Waals surface area contributed by atoms with Gasteiger partial charge in [0.25, 0.3) is 0 Å². The third kappa shape index (κ3) is 4.25. The molecule has 0 saturated heterocycles. The summed E-state index contributed by atoms with van der Waals surface area (Å²) in [4.78, 5) is 15.7. The molecule has 100 valence electrons. The summed E-state index contributed by atoms with van der Waals surface area (Å²) in [6, 6.07) is 7.36. The van der Waals surface area contributed by atoms with Crippen molar-refractivity contribution in [3.05, 3.63) is 41.2 Å². The first-order valence-electron chi connectivity index (χ1n) is 5.68. The quantitative estimate of drug-likeness (QED) is 0.831. The van der Waals surface area contributed by atoms with Gasteiger partial charge in [0.15, 0.2) is 5.16 Å². The average Bonchev–Trinajstić information content (AvgIpc) is 2.90. The second kappa shape index (κ2) is 6.58. The van der Waals surface area contributed by atoms with Crippen LogP contribution in [0.3, 0.4) is 0 Å². The van der Waals surface area contributed by atoms with Crippen LogP contribution in [0.25, 0.3) is 0 Å². The lowest BCUT2D eigenvalue weighted by atomic mass is 10.1. The fraction of sp³-hybridized carbons (Fsp3) is 0.250. The number of amides is 1. The predicted octanol–water partition coefficient (Wildman–Crippen LogP) is 2.43. The highest BCUT2D eigenvalue weighted by Crippen LogP contribution is 2.16. The Kier molecular flexibility index (Phi) is 4.81. The third-order valence-corrected chi connectivity index (χ3v) is 3.61. The van der Waals surface area contributed by atoms with Crippen molar-refractivity contribution >= 4 is 29.3 Å². The number of halogens is 1. The molecule has 7 heteroatoms. The molecule has 0 aliphatic heterocycles. The molecule has 0 unspecified atom stereocenters. The van der Waals surface area contributed by atoms with E-state index in [4.69, 9.17) is 11.6 Å². The van der Waals surface area contributed by atoms with Crippen molar-refractivity contribution in [2.75, 3.05) is 5.75 Å². The minimum atomic E-state index is -0.0555. The van der Waals surface area contributed by atoms with Crippen molar-refractivity contribution in [1.82, 2.24) is 20.5 Å². The van der Waals surface area contributed by atoms with E-state index in [2.05, 4.69) is 20.5 Å². The van der Waals surface area contributed by atoms with Crippen LogP contribution in [-0.4, -0.2) is 26.8 Å². The van der Waals surface area contributed by atoms with Gasteiger partial charge >= 0.3 is 0 Å².